The highest BCUT2D eigenvalue weighted by Gasteiger charge is 2.18. The third kappa shape index (κ3) is 4.34. The molecular formula is C22H23N5O2. The zero-order chi connectivity index (χ0) is 20.2. The first-order chi connectivity index (χ1) is 14.1. The Morgan fingerprint density at radius 3 is 2.72 bits per heavy atom. The normalized spacial score (nSPS) is 12.4. The van der Waals surface area contributed by atoms with Crippen molar-refractivity contribution in [2.75, 3.05) is 0 Å². The third-order valence-corrected chi connectivity index (χ3v) is 4.78. The monoisotopic (exact) mass is 389 g/mol. The number of oxazole rings is 1. The number of nitrogens with zero attached hydrogens (tertiary/aromatic N) is 4. The number of hydrogen-bond acceptors (Lipinski definition) is 5. The van der Waals surface area contributed by atoms with Crippen LogP contribution < -0.4 is 5.32 Å². The number of aryl methyl sites for hydroxylation is 1. The second-order valence-corrected chi connectivity index (χ2v) is 7.27. The van der Waals surface area contributed by atoms with Crippen molar-refractivity contribution in [3.05, 3.63) is 78.2 Å². The molecular weight excluding hydrogens is 366 g/mol. The van der Waals surface area contributed by atoms with Crippen LogP contribution in [0.3, 0.4) is 0 Å². The Bertz CT molecular complexity index is 1090. The Balaban J connectivity index is 1.54. The summed E-state index contributed by atoms with van der Waals surface area (Å²) >= 11 is 0. The maximum absolute atomic E-state index is 13.0. The first-order valence-electron chi connectivity index (χ1n) is 9.69. The quantitative estimate of drug-likeness (QED) is 0.514. The fraction of sp³-hybridized carbons (Fsp3) is 0.273. The van der Waals surface area contributed by atoms with E-state index < -0.39 is 0 Å². The van der Waals surface area contributed by atoms with Crippen LogP contribution in [0.25, 0.3) is 11.1 Å². The summed E-state index contributed by atoms with van der Waals surface area (Å²) in [5.41, 5.74) is 2.99. The lowest BCUT2D eigenvalue weighted by Gasteiger charge is -2.19. The molecule has 29 heavy (non-hydrogen) atoms. The summed E-state index contributed by atoms with van der Waals surface area (Å²) in [5.74, 6) is 0.722. The van der Waals surface area contributed by atoms with Crippen molar-refractivity contribution in [1.82, 2.24) is 25.1 Å². The highest BCUT2D eigenvalue weighted by molar-refractivity contribution is 5.97. The van der Waals surface area contributed by atoms with Gasteiger partial charge in [0.1, 0.15) is 18.2 Å². The van der Waals surface area contributed by atoms with Crippen LogP contribution in [0.2, 0.25) is 0 Å². The number of benzene rings is 2. The van der Waals surface area contributed by atoms with Crippen molar-refractivity contribution >= 4 is 17.0 Å². The molecule has 0 saturated carbocycles. The summed E-state index contributed by atoms with van der Waals surface area (Å²) in [6, 6.07) is 15.1. The summed E-state index contributed by atoms with van der Waals surface area (Å²) in [4.78, 5) is 21.4. The molecule has 0 aliphatic rings. The van der Waals surface area contributed by atoms with Crippen LogP contribution in [0.15, 0.2) is 65.6 Å². The Morgan fingerprint density at radius 1 is 1.17 bits per heavy atom. The maximum Gasteiger partial charge on any atom is 0.251 e. The van der Waals surface area contributed by atoms with E-state index in [0.717, 1.165) is 5.56 Å². The second-order valence-electron chi connectivity index (χ2n) is 7.27. The molecule has 148 valence electrons. The van der Waals surface area contributed by atoms with Crippen LogP contribution >= 0.6 is 0 Å². The predicted octanol–water partition coefficient (Wildman–Crippen LogP) is 4.10. The number of aromatic nitrogens is 4. The molecule has 0 unspecified atom stereocenters. The molecule has 7 heteroatoms. The molecule has 7 nitrogen and oxygen atoms in total. The van der Waals surface area contributed by atoms with Crippen LogP contribution in [0.1, 0.15) is 54.0 Å². The minimum atomic E-state index is -0.146. The maximum atomic E-state index is 13.0. The van der Waals surface area contributed by atoms with Gasteiger partial charge < -0.3 is 9.73 Å². The zero-order valence-electron chi connectivity index (χ0n) is 16.4. The van der Waals surface area contributed by atoms with Crippen LogP contribution in [0, 0.1) is 0 Å². The van der Waals surface area contributed by atoms with Crippen LogP contribution in [-0.2, 0) is 6.54 Å². The molecule has 1 N–H and O–H groups in total. The number of nitrogens with one attached hydrogen (secondary N) is 1. The van der Waals surface area contributed by atoms with Crippen molar-refractivity contribution in [3.8, 4) is 0 Å². The molecule has 0 bridgehead atoms. The van der Waals surface area contributed by atoms with Gasteiger partial charge in [0.2, 0.25) is 0 Å². The Hall–Kier alpha value is -3.48. The van der Waals surface area contributed by atoms with E-state index in [1.54, 1.807) is 29.2 Å². The van der Waals surface area contributed by atoms with E-state index in [-0.39, 0.29) is 17.9 Å². The van der Waals surface area contributed by atoms with Crippen molar-refractivity contribution < 1.29 is 9.21 Å². The van der Waals surface area contributed by atoms with Gasteiger partial charge in [-0.25, -0.2) is 9.97 Å². The fourth-order valence-corrected chi connectivity index (χ4v) is 3.19. The van der Waals surface area contributed by atoms with Gasteiger partial charge >= 0.3 is 0 Å². The van der Waals surface area contributed by atoms with Gasteiger partial charge in [0.25, 0.3) is 5.91 Å². The van der Waals surface area contributed by atoms with E-state index in [9.17, 15) is 4.79 Å². The molecule has 4 rings (SSSR count). The number of rotatable bonds is 7. The predicted molar refractivity (Wildman–Crippen MR) is 109 cm³/mol. The molecule has 2 heterocycles. The molecule has 0 saturated heterocycles. The smallest absolute Gasteiger partial charge is 0.251 e. The molecule has 0 fully saturated rings. The van der Waals surface area contributed by atoms with Gasteiger partial charge in [0.15, 0.2) is 11.5 Å². The summed E-state index contributed by atoms with van der Waals surface area (Å²) in [6.07, 6.45) is 3.88. The molecule has 0 radical (unpaired) electrons. The standard InChI is InChI=1S/C22H23N5O2/c1-15(2)22-26-19-12-17(8-9-20(19)29-22)21(28)25-18(16-6-4-3-5-7-16)10-11-27-14-23-13-24-27/h3-9,12-15,18H,10-11H2,1-2H3,(H,25,28)/t18-/m1/s1. The van der Waals surface area contributed by atoms with Crippen LogP contribution in [0.4, 0.5) is 0 Å². The van der Waals surface area contributed by atoms with Crippen molar-refractivity contribution in [1.29, 1.82) is 0 Å². The number of amides is 1. The Labute approximate surface area is 168 Å². The van der Waals surface area contributed by atoms with Gasteiger partial charge in [-0.2, -0.15) is 5.10 Å². The number of fused-ring (bicyclic) bond motifs is 1. The van der Waals surface area contributed by atoms with E-state index >= 15 is 0 Å². The Kier molecular flexibility index (Phi) is 5.37. The molecule has 2 aromatic heterocycles. The van der Waals surface area contributed by atoms with E-state index in [0.29, 0.717) is 35.5 Å². The van der Waals surface area contributed by atoms with Gasteiger partial charge in [0, 0.05) is 18.0 Å². The number of carbonyl (C=O) groups excluding carboxylic acids is 1. The molecule has 0 aliphatic carbocycles. The zero-order valence-corrected chi connectivity index (χ0v) is 16.4. The number of carbonyl (C=O) groups is 1. The molecule has 4 aromatic rings. The molecule has 0 spiro atoms. The summed E-state index contributed by atoms with van der Waals surface area (Å²) < 4.78 is 7.50. The van der Waals surface area contributed by atoms with Gasteiger partial charge in [-0.05, 0) is 30.2 Å². The summed E-state index contributed by atoms with van der Waals surface area (Å²) in [6.45, 7) is 4.70. The average Bonchev–Trinajstić information content (AvgIpc) is 3.40. The van der Waals surface area contributed by atoms with Crippen molar-refractivity contribution in [2.24, 2.45) is 0 Å². The largest absolute Gasteiger partial charge is 0.440 e. The first-order valence-corrected chi connectivity index (χ1v) is 9.69. The lowest BCUT2D eigenvalue weighted by atomic mass is 10.0. The van der Waals surface area contributed by atoms with Gasteiger partial charge in [-0.3, -0.25) is 9.48 Å². The van der Waals surface area contributed by atoms with E-state index in [2.05, 4.69) is 20.4 Å². The van der Waals surface area contributed by atoms with E-state index in [1.165, 1.54) is 6.33 Å². The van der Waals surface area contributed by atoms with E-state index in [4.69, 9.17) is 4.42 Å². The highest BCUT2D eigenvalue weighted by Crippen LogP contribution is 2.23. The minimum Gasteiger partial charge on any atom is -0.440 e. The van der Waals surface area contributed by atoms with E-state index in [1.807, 2.05) is 44.2 Å². The average molecular weight is 389 g/mol. The lowest BCUT2D eigenvalue weighted by Crippen LogP contribution is -2.29. The van der Waals surface area contributed by atoms with Crippen LogP contribution in [-0.4, -0.2) is 25.7 Å². The van der Waals surface area contributed by atoms with Crippen molar-refractivity contribution in [3.63, 3.8) is 0 Å². The lowest BCUT2D eigenvalue weighted by molar-refractivity contribution is 0.0933. The van der Waals surface area contributed by atoms with Gasteiger partial charge in [-0.1, -0.05) is 44.2 Å². The van der Waals surface area contributed by atoms with Crippen molar-refractivity contribution in [2.45, 2.75) is 38.8 Å². The molecule has 1 amide bonds. The fourth-order valence-electron chi connectivity index (χ4n) is 3.19. The Morgan fingerprint density at radius 2 is 2.00 bits per heavy atom. The molecule has 1 atom stereocenters. The third-order valence-electron chi connectivity index (χ3n) is 4.78. The topological polar surface area (TPSA) is 85.8 Å². The summed E-state index contributed by atoms with van der Waals surface area (Å²) in [5, 5.41) is 7.29. The molecule has 2 aromatic carbocycles. The van der Waals surface area contributed by atoms with Gasteiger partial charge in [-0.15, -0.1) is 0 Å². The highest BCUT2D eigenvalue weighted by atomic mass is 16.3. The molecule has 0 aliphatic heterocycles. The van der Waals surface area contributed by atoms with Gasteiger partial charge in [0.05, 0.1) is 6.04 Å². The summed E-state index contributed by atoms with van der Waals surface area (Å²) in [7, 11) is 0. The number of hydrogen-bond donors (Lipinski definition) is 1. The van der Waals surface area contributed by atoms with Crippen LogP contribution in [0.5, 0.6) is 0 Å². The SMILES string of the molecule is CC(C)c1nc2cc(C(=O)N[C@H](CCn3cncn3)c3ccccc3)ccc2o1. The second kappa shape index (κ2) is 8.26. The first kappa shape index (κ1) is 18.9. The minimum absolute atomic E-state index is 0.145.